The highest BCUT2D eigenvalue weighted by atomic mass is 35.5. The molecular weight excluding hydrogens is 475 g/mol. The van der Waals surface area contributed by atoms with Gasteiger partial charge in [0.15, 0.2) is 0 Å². The largest absolute Gasteiger partial charge is 0.477 e. The van der Waals surface area contributed by atoms with Crippen molar-refractivity contribution in [1.29, 1.82) is 0 Å². The van der Waals surface area contributed by atoms with Gasteiger partial charge >= 0.3 is 17.9 Å². The summed E-state index contributed by atoms with van der Waals surface area (Å²) in [5.41, 5.74) is 6.34. The van der Waals surface area contributed by atoms with Crippen LogP contribution in [0.3, 0.4) is 0 Å². The number of nitrogens with zero attached hydrogens (tertiary/aromatic N) is 1. The molecule has 0 radical (unpaired) electrons. The smallest absolute Gasteiger partial charge is 0.348 e. The summed E-state index contributed by atoms with van der Waals surface area (Å²) in [6.07, 6.45) is 0.687. The third kappa shape index (κ3) is 9.09. The van der Waals surface area contributed by atoms with E-state index < -0.39 is 17.9 Å². The molecule has 0 saturated heterocycles. The van der Waals surface area contributed by atoms with Crippen LogP contribution in [0.5, 0.6) is 0 Å². The zero-order valence-corrected chi connectivity index (χ0v) is 18.5. The lowest BCUT2D eigenvalue weighted by molar-refractivity contribution is -0.128. The molecule has 0 spiro atoms. The van der Waals surface area contributed by atoms with Crippen molar-refractivity contribution < 1.29 is 29.0 Å². The summed E-state index contributed by atoms with van der Waals surface area (Å²) in [5, 5.41) is 12.3. The Balaban J connectivity index is 0.000000581. The number of hydrogen-bond acceptors (Lipinski definition) is 9. The molecule has 0 atom stereocenters. The Bertz CT molecular complexity index is 956. The molecule has 0 heterocycles. The summed E-state index contributed by atoms with van der Waals surface area (Å²) in [4.78, 5) is 32.6. The van der Waals surface area contributed by atoms with Crippen molar-refractivity contribution in [2.75, 3.05) is 25.1 Å². The van der Waals surface area contributed by atoms with Crippen molar-refractivity contribution in [1.82, 2.24) is 0 Å². The lowest BCUT2D eigenvalue weighted by atomic mass is 10.2. The second-order valence-electron chi connectivity index (χ2n) is 5.22. The highest BCUT2D eigenvalue weighted by Crippen LogP contribution is 2.21. The molecular formula is C18H19Cl3N4O6. The quantitative estimate of drug-likeness (QED) is 0.205. The zero-order valence-electron chi connectivity index (χ0n) is 16.2. The number of nitrogens with two attached hydrogens (primary N) is 1. The molecule has 2 rings (SSSR count). The number of hydrazone groups is 1. The molecule has 0 aliphatic heterocycles. The van der Waals surface area contributed by atoms with Crippen molar-refractivity contribution in [3.05, 3.63) is 57.6 Å². The normalized spacial score (nSPS) is 9.58. The van der Waals surface area contributed by atoms with Gasteiger partial charge in [-0.2, -0.15) is 5.10 Å². The highest BCUT2D eigenvalue weighted by Gasteiger charge is 2.11. The maximum Gasteiger partial charge on any atom is 0.348 e. The first-order valence-electron chi connectivity index (χ1n) is 7.97. The van der Waals surface area contributed by atoms with Crippen LogP contribution in [0, 0.1) is 0 Å². The van der Waals surface area contributed by atoms with Gasteiger partial charge < -0.3 is 20.0 Å². The number of nitrogens with one attached hydrogen (secondary N) is 2. The number of rotatable bonds is 6. The summed E-state index contributed by atoms with van der Waals surface area (Å²) in [7, 11) is 2.53. The van der Waals surface area contributed by atoms with Crippen molar-refractivity contribution in [2.24, 2.45) is 10.9 Å². The lowest BCUT2D eigenvalue weighted by Crippen LogP contribution is -2.09. The number of hydrazine groups is 1. The number of methoxy groups -OCH3 is 2. The summed E-state index contributed by atoms with van der Waals surface area (Å²) in [6.45, 7) is 0. The number of halogens is 3. The van der Waals surface area contributed by atoms with E-state index in [2.05, 4.69) is 25.4 Å². The number of carboxylic acids is 1. The van der Waals surface area contributed by atoms with Crippen LogP contribution >= 0.6 is 35.6 Å². The maximum atomic E-state index is 11.3. The molecule has 0 aliphatic carbocycles. The first-order chi connectivity index (χ1) is 14.2. The van der Waals surface area contributed by atoms with Crippen LogP contribution < -0.4 is 16.7 Å². The summed E-state index contributed by atoms with van der Waals surface area (Å²) >= 11 is 11.6. The first kappa shape index (κ1) is 27.9. The summed E-state index contributed by atoms with van der Waals surface area (Å²) in [6, 6.07) is 9.19. The Hall–Kier alpha value is -3.05. The Kier molecular flexibility index (Phi) is 12.7. The van der Waals surface area contributed by atoms with Gasteiger partial charge in [-0.05, 0) is 36.4 Å². The van der Waals surface area contributed by atoms with Gasteiger partial charge in [0.05, 0.1) is 41.1 Å². The third-order valence-electron chi connectivity index (χ3n) is 3.28. The van der Waals surface area contributed by atoms with Crippen molar-refractivity contribution in [2.45, 2.75) is 0 Å². The SMILES string of the molecule is COC(=O)c1cc(NN)ccc1Cl.COC(=O)c1cc(NN=CC(=O)O)ccc1Cl.Cl. The molecule has 168 valence electrons. The number of nitrogen functional groups attached to an aromatic ring is 1. The molecule has 0 amide bonds. The number of carboxylic acid groups (broad SMARTS) is 1. The first-order valence-corrected chi connectivity index (χ1v) is 8.73. The van der Waals surface area contributed by atoms with Gasteiger partial charge in [-0.25, -0.2) is 14.4 Å². The molecule has 0 saturated carbocycles. The fraction of sp³-hybridized carbons (Fsp3) is 0.111. The van der Waals surface area contributed by atoms with E-state index in [1.165, 1.54) is 32.4 Å². The van der Waals surface area contributed by atoms with E-state index in [4.69, 9.17) is 34.2 Å². The second-order valence-corrected chi connectivity index (χ2v) is 6.04. The van der Waals surface area contributed by atoms with Gasteiger partial charge in [0.2, 0.25) is 0 Å². The van der Waals surface area contributed by atoms with Gasteiger partial charge in [0.1, 0.15) is 6.21 Å². The highest BCUT2D eigenvalue weighted by molar-refractivity contribution is 6.34. The average molecular weight is 494 g/mol. The van der Waals surface area contributed by atoms with Gasteiger partial charge in [-0.3, -0.25) is 11.3 Å². The van der Waals surface area contributed by atoms with Crippen LogP contribution in [0.15, 0.2) is 41.5 Å². The van der Waals surface area contributed by atoms with Crippen molar-refractivity contribution in [3.63, 3.8) is 0 Å². The van der Waals surface area contributed by atoms with E-state index in [1.54, 1.807) is 18.2 Å². The van der Waals surface area contributed by atoms with E-state index in [-0.39, 0.29) is 23.0 Å². The number of ether oxygens (including phenoxy) is 2. The Morgan fingerprint density at radius 1 is 0.968 bits per heavy atom. The molecule has 13 heteroatoms. The van der Waals surface area contributed by atoms with Gasteiger partial charge in [-0.1, -0.05) is 23.2 Å². The molecule has 5 N–H and O–H groups in total. The van der Waals surface area contributed by atoms with Crippen LogP contribution in [0.2, 0.25) is 10.0 Å². The number of carbonyl (C=O) groups excluding carboxylic acids is 2. The van der Waals surface area contributed by atoms with E-state index in [0.29, 0.717) is 28.2 Å². The summed E-state index contributed by atoms with van der Waals surface area (Å²) < 4.78 is 9.06. The molecule has 2 aromatic rings. The van der Waals surface area contributed by atoms with Gasteiger partial charge in [0, 0.05) is 5.69 Å². The van der Waals surface area contributed by atoms with E-state index in [0.717, 1.165) is 0 Å². The number of hydrogen-bond donors (Lipinski definition) is 4. The molecule has 0 aliphatic rings. The second kappa shape index (κ2) is 14.0. The van der Waals surface area contributed by atoms with Crippen LogP contribution in [-0.2, 0) is 14.3 Å². The van der Waals surface area contributed by atoms with Crippen LogP contribution in [-0.4, -0.2) is 43.4 Å². The van der Waals surface area contributed by atoms with E-state index in [1.807, 2.05) is 0 Å². The minimum atomic E-state index is -1.18. The molecule has 0 aromatic heterocycles. The fourth-order valence-corrected chi connectivity index (χ4v) is 2.29. The maximum absolute atomic E-state index is 11.3. The topological polar surface area (TPSA) is 152 Å². The minimum Gasteiger partial charge on any atom is -0.477 e. The molecule has 0 fully saturated rings. The molecule has 0 bridgehead atoms. The molecule has 0 unspecified atom stereocenters. The third-order valence-corrected chi connectivity index (χ3v) is 3.94. The van der Waals surface area contributed by atoms with Crippen molar-refractivity contribution in [3.8, 4) is 0 Å². The van der Waals surface area contributed by atoms with E-state index in [9.17, 15) is 14.4 Å². The molecule has 10 nitrogen and oxygen atoms in total. The molecule has 31 heavy (non-hydrogen) atoms. The van der Waals surface area contributed by atoms with Crippen LogP contribution in [0.1, 0.15) is 20.7 Å². The summed E-state index contributed by atoms with van der Waals surface area (Å²) in [5.74, 6) is 2.92. The number of benzene rings is 2. The van der Waals surface area contributed by atoms with Crippen LogP contribution in [0.25, 0.3) is 0 Å². The fourth-order valence-electron chi connectivity index (χ4n) is 1.90. The molecule has 2 aromatic carbocycles. The van der Waals surface area contributed by atoms with E-state index >= 15 is 0 Å². The Labute approximate surface area is 193 Å². The minimum absolute atomic E-state index is 0. The Morgan fingerprint density at radius 3 is 1.84 bits per heavy atom. The number of anilines is 2. The number of carbonyl (C=O) groups is 3. The number of aliphatic carboxylic acids is 1. The standard InChI is InChI=1S/C10H9ClN2O4.C8H9ClN2O2.ClH/c1-17-10(16)7-4-6(2-3-8(7)11)13-12-5-9(14)15;1-13-8(12)6-4-5(11-10)2-3-7(6)9;/h2-5,13H,1H3,(H,14,15);2-4,11H,10H2,1H3;1H. The predicted molar refractivity (Wildman–Crippen MR) is 120 cm³/mol. The number of esters is 2. The van der Waals surface area contributed by atoms with Gasteiger partial charge in [0.25, 0.3) is 0 Å². The van der Waals surface area contributed by atoms with Gasteiger partial charge in [-0.15, -0.1) is 12.4 Å². The monoisotopic (exact) mass is 492 g/mol. The van der Waals surface area contributed by atoms with Crippen LogP contribution in [0.4, 0.5) is 11.4 Å². The predicted octanol–water partition coefficient (Wildman–Crippen LogP) is 3.44. The Morgan fingerprint density at radius 2 is 1.42 bits per heavy atom. The lowest BCUT2D eigenvalue weighted by Gasteiger charge is -2.05. The average Bonchev–Trinajstić information content (AvgIpc) is 2.74. The van der Waals surface area contributed by atoms with Crippen molar-refractivity contribution >= 4 is 71.1 Å². The zero-order chi connectivity index (χ0) is 22.7.